The summed E-state index contributed by atoms with van der Waals surface area (Å²) in [5, 5.41) is 0. The largest absolute Gasteiger partial charge is 0.497 e. The molecule has 0 spiro atoms. The van der Waals surface area contributed by atoms with Crippen molar-refractivity contribution < 1.29 is 27.8 Å². The lowest BCUT2D eigenvalue weighted by Crippen LogP contribution is -2.56. The minimum atomic E-state index is -2.81. The van der Waals surface area contributed by atoms with Crippen molar-refractivity contribution in [1.82, 2.24) is 24.4 Å². The fourth-order valence-electron chi connectivity index (χ4n) is 4.68. The number of fused-ring (bicyclic) bond motifs is 1. The highest BCUT2D eigenvalue weighted by molar-refractivity contribution is 5.95. The van der Waals surface area contributed by atoms with Crippen LogP contribution in [0.5, 0.6) is 11.6 Å². The first kappa shape index (κ1) is 25.0. The number of carbonyl (C=O) groups excluding carboxylic acids is 1. The van der Waals surface area contributed by atoms with Gasteiger partial charge in [-0.3, -0.25) is 9.36 Å². The number of hydrogen-bond acceptors (Lipinski definition) is 8. The number of benzene rings is 2. The Labute approximate surface area is 222 Å². The number of rotatable bonds is 7. The highest BCUT2D eigenvalue weighted by atomic mass is 19.3. The van der Waals surface area contributed by atoms with E-state index in [4.69, 9.17) is 14.2 Å². The topological polar surface area (TPSA) is 94.8 Å². The fourth-order valence-corrected chi connectivity index (χ4v) is 4.68. The van der Waals surface area contributed by atoms with E-state index in [2.05, 4.69) is 15.0 Å². The van der Waals surface area contributed by atoms with Crippen molar-refractivity contribution in [3.05, 3.63) is 66.0 Å². The molecule has 2 aromatic heterocycles. The second-order valence-corrected chi connectivity index (χ2v) is 9.24. The van der Waals surface area contributed by atoms with Gasteiger partial charge in [0.1, 0.15) is 17.7 Å². The highest BCUT2D eigenvalue weighted by Crippen LogP contribution is 2.30. The van der Waals surface area contributed by atoms with Crippen LogP contribution in [0, 0.1) is 0 Å². The average Bonchev–Trinajstić information content (AvgIpc) is 3.35. The molecule has 6 rings (SSSR count). The molecule has 2 aliphatic rings. The van der Waals surface area contributed by atoms with E-state index in [9.17, 15) is 13.6 Å². The maximum Gasteiger partial charge on any atom is 0.296 e. The Morgan fingerprint density at radius 2 is 1.77 bits per heavy atom. The van der Waals surface area contributed by atoms with E-state index >= 15 is 0 Å². The lowest BCUT2D eigenvalue weighted by atomic mass is 10.1. The summed E-state index contributed by atoms with van der Waals surface area (Å²) in [6.45, 7) is 2.86. The summed E-state index contributed by atoms with van der Waals surface area (Å²) in [6, 6.07) is 15.4. The molecule has 1 amide bonds. The van der Waals surface area contributed by atoms with Gasteiger partial charge in [-0.25, -0.2) is 13.8 Å². The number of halogens is 2. The number of aromatic nitrogens is 4. The van der Waals surface area contributed by atoms with E-state index in [0.29, 0.717) is 67.7 Å². The van der Waals surface area contributed by atoms with Crippen LogP contribution in [0.25, 0.3) is 16.9 Å². The van der Waals surface area contributed by atoms with Gasteiger partial charge in [-0.1, -0.05) is 12.1 Å². The Bertz CT molecular complexity index is 1480. The predicted molar refractivity (Wildman–Crippen MR) is 138 cm³/mol. The van der Waals surface area contributed by atoms with Gasteiger partial charge < -0.3 is 24.0 Å². The number of imidazole rings is 1. The molecule has 2 fully saturated rings. The zero-order chi connectivity index (χ0) is 26.9. The van der Waals surface area contributed by atoms with Crippen LogP contribution in [0.15, 0.2) is 54.6 Å². The predicted octanol–water partition coefficient (Wildman–Crippen LogP) is 3.50. The van der Waals surface area contributed by atoms with Gasteiger partial charge in [-0.05, 0) is 36.4 Å². The fraction of sp³-hybridized carbons (Fsp3) is 0.333. The Morgan fingerprint density at radius 3 is 2.49 bits per heavy atom. The lowest BCUT2D eigenvalue weighted by Gasteiger charge is -2.38. The van der Waals surface area contributed by atoms with Gasteiger partial charge in [0.05, 0.1) is 44.4 Å². The number of nitrogens with zero attached hydrogens (tertiary/aromatic N) is 6. The number of hydrogen-bond donors (Lipinski definition) is 0. The van der Waals surface area contributed by atoms with Gasteiger partial charge in [-0.2, -0.15) is 9.97 Å². The van der Waals surface area contributed by atoms with E-state index in [-0.39, 0.29) is 23.7 Å². The molecule has 4 aromatic rings. The molecule has 0 saturated carbocycles. The van der Waals surface area contributed by atoms with Gasteiger partial charge in [0, 0.05) is 24.7 Å². The van der Waals surface area contributed by atoms with Gasteiger partial charge in [0.25, 0.3) is 12.3 Å². The molecule has 202 valence electrons. The Kier molecular flexibility index (Phi) is 6.69. The van der Waals surface area contributed by atoms with Crippen molar-refractivity contribution in [1.29, 1.82) is 0 Å². The van der Waals surface area contributed by atoms with Crippen LogP contribution in [0.4, 0.5) is 14.7 Å². The zero-order valence-electron chi connectivity index (χ0n) is 21.2. The van der Waals surface area contributed by atoms with Gasteiger partial charge in [0.15, 0.2) is 5.82 Å². The number of para-hydroxylation sites is 2. The van der Waals surface area contributed by atoms with Crippen molar-refractivity contribution in [2.75, 3.05) is 51.4 Å². The third-order valence-corrected chi connectivity index (χ3v) is 6.74. The molecule has 0 bridgehead atoms. The van der Waals surface area contributed by atoms with Crippen LogP contribution < -0.4 is 14.4 Å². The first-order valence-electron chi connectivity index (χ1n) is 12.6. The van der Waals surface area contributed by atoms with E-state index in [1.807, 2.05) is 4.90 Å². The van der Waals surface area contributed by atoms with Crippen LogP contribution in [0.1, 0.15) is 22.6 Å². The summed E-state index contributed by atoms with van der Waals surface area (Å²) in [5.74, 6) is 0.981. The molecule has 39 heavy (non-hydrogen) atoms. The summed E-state index contributed by atoms with van der Waals surface area (Å²) in [7, 11) is 1.57. The number of amides is 1. The van der Waals surface area contributed by atoms with E-state index in [0.717, 1.165) is 0 Å². The summed E-state index contributed by atoms with van der Waals surface area (Å²) in [6.07, 6.45) is -3.12. The lowest BCUT2D eigenvalue weighted by molar-refractivity contribution is 0.0159. The second kappa shape index (κ2) is 10.4. The van der Waals surface area contributed by atoms with Crippen LogP contribution in [0.2, 0.25) is 0 Å². The number of alkyl halides is 2. The van der Waals surface area contributed by atoms with Crippen molar-refractivity contribution in [2.24, 2.45) is 0 Å². The maximum atomic E-state index is 14.1. The number of ether oxygens (including phenoxy) is 3. The van der Waals surface area contributed by atoms with Crippen LogP contribution in [-0.4, -0.2) is 82.9 Å². The molecular formula is C27H26F2N6O4. The molecule has 10 nitrogen and oxygen atoms in total. The molecule has 0 unspecified atom stereocenters. The monoisotopic (exact) mass is 536 g/mol. The summed E-state index contributed by atoms with van der Waals surface area (Å²) < 4.78 is 46.2. The Balaban J connectivity index is 1.28. The summed E-state index contributed by atoms with van der Waals surface area (Å²) in [5.41, 5.74) is 1.50. The third-order valence-electron chi connectivity index (χ3n) is 6.74. The van der Waals surface area contributed by atoms with Crippen molar-refractivity contribution in [3.8, 4) is 17.4 Å². The Morgan fingerprint density at radius 1 is 1.03 bits per heavy atom. The van der Waals surface area contributed by atoms with Gasteiger partial charge >= 0.3 is 0 Å². The van der Waals surface area contributed by atoms with Crippen LogP contribution in [0.3, 0.4) is 0 Å². The smallest absolute Gasteiger partial charge is 0.296 e. The van der Waals surface area contributed by atoms with E-state index in [1.165, 1.54) is 10.6 Å². The maximum absolute atomic E-state index is 14.1. The number of likely N-dealkylation sites (tertiary alicyclic amines) is 1. The zero-order valence-corrected chi connectivity index (χ0v) is 21.2. The summed E-state index contributed by atoms with van der Waals surface area (Å²) in [4.78, 5) is 29.8. The number of carbonyl (C=O) groups is 1. The Hall–Kier alpha value is -4.32. The highest BCUT2D eigenvalue weighted by Gasteiger charge is 2.34. The van der Waals surface area contributed by atoms with Crippen molar-refractivity contribution in [2.45, 2.75) is 12.5 Å². The molecule has 2 aliphatic heterocycles. The van der Waals surface area contributed by atoms with Crippen molar-refractivity contribution in [3.63, 3.8) is 0 Å². The van der Waals surface area contributed by atoms with E-state index < -0.39 is 12.2 Å². The molecule has 2 aromatic carbocycles. The molecule has 0 atom stereocenters. The van der Waals surface area contributed by atoms with Crippen molar-refractivity contribution >= 4 is 22.9 Å². The number of methoxy groups -OCH3 is 1. The minimum Gasteiger partial charge on any atom is -0.497 e. The SMILES string of the molecule is COc1ccc(C(=O)N2CC(Oc3cc(-n4c(C(F)F)nc5ccccc54)nc(N4CCOCC4)n3)C2)cc1. The summed E-state index contributed by atoms with van der Waals surface area (Å²) >= 11 is 0. The molecular weight excluding hydrogens is 510 g/mol. The van der Waals surface area contributed by atoms with Gasteiger partial charge in [0.2, 0.25) is 11.8 Å². The molecule has 2 saturated heterocycles. The standard InChI is InChI=1S/C27H26F2N6O4/c1-37-18-8-6-17(7-9-18)26(36)34-15-19(16-34)39-23-14-22(31-27(32-23)33-10-12-38-13-11-33)35-21-5-3-2-4-20(21)30-25(35)24(28)29/h2-9,14,19,24H,10-13,15-16H2,1H3. The van der Waals surface area contributed by atoms with Crippen LogP contribution in [-0.2, 0) is 4.74 Å². The third kappa shape index (κ3) is 4.94. The van der Waals surface area contributed by atoms with E-state index in [1.54, 1.807) is 60.5 Å². The average molecular weight is 537 g/mol. The number of morpholine rings is 1. The van der Waals surface area contributed by atoms with Gasteiger partial charge in [-0.15, -0.1) is 0 Å². The quantitative estimate of drug-likeness (QED) is 0.354. The first-order chi connectivity index (χ1) is 19.0. The number of anilines is 1. The first-order valence-corrected chi connectivity index (χ1v) is 12.6. The normalized spacial score (nSPS) is 16.0. The molecule has 0 N–H and O–H groups in total. The molecule has 4 heterocycles. The molecule has 0 aliphatic carbocycles. The second-order valence-electron chi connectivity index (χ2n) is 9.24. The molecule has 0 radical (unpaired) electrons. The molecule has 12 heteroatoms. The minimum absolute atomic E-state index is 0.110. The van der Waals surface area contributed by atoms with Crippen LogP contribution >= 0.6 is 0 Å².